The number of likely N-dealkylation sites (tertiary alicyclic amines) is 1. The Balaban J connectivity index is 1.39. The van der Waals surface area contributed by atoms with Gasteiger partial charge in [0, 0.05) is 25.9 Å². The molecule has 2 amide bonds. The van der Waals surface area contributed by atoms with Gasteiger partial charge >= 0.3 is 0 Å². The molecule has 1 aliphatic rings. The van der Waals surface area contributed by atoms with E-state index in [0.717, 1.165) is 5.56 Å². The van der Waals surface area contributed by atoms with E-state index in [1.165, 1.54) is 0 Å². The summed E-state index contributed by atoms with van der Waals surface area (Å²) in [6.07, 6.45) is 0.922. The highest BCUT2D eigenvalue weighted by atomic mass is 16.2. The lowest BCUT2D eigenvalue weighted by Gasteiger charge is -2.48. The first-order valence-electron chi connectivity index (χ1n) is 9.56. The van der Waals surface area contributed by atoms with E-state index in [1.54, 1.807) is 11.0 Å². The van der Waals surface area contributed by atoms with Crippen LogP contribution in [0.5, 0.6) is 0 Å². The third-order valence-electron chi connectivity index (χ3n) is 5.49. The molecule has 1 saturated heterocycles. The van der Waals surface area contributed by atoms with Gasteiger partial charge in [-0.2, -0.15) is 0 Å². The van der Waals surface area contributed by atoms with Gasteiger partial charge in [-0.15, -0.1) is 0 Å². The number of fused-ring (bicyclic) bond motifs is 1. The Kier molecular flexibility index (Phi) is 4.88. The van der Waals surface area contributed by atoms with Crippen LogP contribution >= 0.6 is 0 Å². The number of hydrogen-bond donors (Lipinski definition) is 2. The van der Waals surface area contributed by atoms with Gasteiger partial charge in [0.15, 0.2) is 0 Å². The van der Waals surface area contributed by atoms with Gasteiger partial charge in [0.2, 0.25) is 11.8 Å². The fourth-order valence-electron chi connectivity index (χ4n) is 3.82. The van der Waals surface area contributed by atoms with Crippen LogP contribution in [0.4, 0.5) is 0 Å². The maximum absolute atomic E-state index is 12.6. The number of carbonyl (C=O) groups is 2. The number of nitrogens with zero attached hydrogens (tertiary/aromatic N) is 2. The first-order valence-corrected chi connectivity index (χ1v) is 9.56. The van der Waals surface area contributed by atoms with E-state index in [4.69, 9.17) is 5.73 Å². The molecular weight excluding hydrogens is 368 g/mol. The largest absolute Gasteiger partial charge is 0.369 e. The molecular formula is C22H22N4O3. The molecule has 0 aliphatic carbocycles. The quantitative estimate of drug-likeness (QED) is 0.663. The first kappa shape index (κ1) is 18.9. The second-order valence-electron chi connectivity index (χ2n) is 7.59. The van der Waals surface area contributed by atoms with Crippen molar-refractivity contribution in [3.05, 3.63) is 76.2 Å². The molecule has 0 spiro atoms. The molecule has 1 aromatic heterocycles. The molecule has 3 aromatic rings. The van der Waals surface area contributed by atoms with Crippen LogP contribution in [0.15, 0.2) is 59.4 Å². The van der Waals surface area contributed by atoms with E-state index in [9.17, 15) is 14.4 Å². The molecule has 7 heteroatoms. The molecule has 0 unspecified atom stereocenters. The number of rotatable bonds is 6. The smallest absolute Gasteiger partial charge is 0.270 e. The summed E-state index contributed by atoms with van der Waals surface area (Å²) in [4.78, 5) is 45.6. The number of amides is 2. The summed E-state index contributed by atoms with van der Waals surface area (Å²) in [7, 11) is 0. The highest BCUT2D eigenvalue weighted by Crippen LogP contribution is 2.34. The number of para-hydroxylation sites is 2. The Hall–Kier alpha value is -3.48. The molecule has 148 valence electrons. The molecule has 4 rings (SSSR count). The topological polar surface area (TPSA) is 109 Å². The van der Waals surface area contributed by atoms with E-state index in [-0.39, 0.29) is 24.3 Å². The zero-order chi connectivity index (χ0) is 20.4. The Bertz CT molecular complexity index is 1120. The van der Waals surface area contributed by atoms with Gasteiger partial charge in [-0.05, 0) is 24.1 Å². The number of nitrogens with two attached hydrogens (primary N) is 1. The van der Waals surface area contributed by atoms with Crippen LogP contribution in [0.3, 0.4) is 0 Å². The van der Waals surface area contributed by atoms with Crippen molar-refractivity contribution < 1.29 is 9.59 Å². The van der Waals surface area contributed by atoms with Crippen molar-refractivity contribution in [1.29, 1.82) is 0 Å². The number of primary amides is 1. The fraction of sp³-hybridized carbons (Fsp3) is 0.273. The van der Waals surface area contributed by atoms with Gasteiger partial charge in [0.05, 0.1) is 16.4 Å². The predicted molar refractivity (Wildman–Crippen MR) is 109 cm³/mol. The number of H-pyrrole nitrogens is 1. The van der Waals surface area contributed by atoms with Crippen molar-refractivity contribution in [3.8, 4) is 0 Å². The van der Waals surface area contributed by atoms with Crippen molar-refractivity contribution in [1.82, 2.24) is 14.9 Å². The Labute approximate surface area is 167 Å². The Morgan fingerprint density at radius 2 is 1.76 bits per heavy atom. The molecule has 2 aromatic carbocycles. The normalized spacial score (nSPS) is 15.1. The zero-order valence-electron chi connectivity index (χ0n) is 15.9. The second-order valence-corrected chi connectivity index (χ2v) is 7.59. The van der Waals surface area contributed by atoms with Crippen molar-refractivity contribution in [2.24, 2.45) is 11.1 Å². The molecule has 0 atom stereocenters. The van der Waals surface area contributed by atoms with E-state index >= 15 is 0 Å². The maximum atomic E-state index is 12.6. The Morgan fingerprint density at radius 1 is 1.07 bits per heavy atom. The molecule has 2 heterocycles. The van der Waals surface area contributed by atoms with Crippen molar-refractivity contribution in [2.45, 2.75) is 19.3 Å². The van der Waals surface area contributed by atoms with E-state index in [0.29, 0.717) is 36.2 Å². The van der Waals surface area contributed by atoms with Crippen LogP contribution in [-0.4, -0.2) is 39.8 Å². The molecule has 3 N–H and O–H groups in total. The van der Waals surface area contributed by atoms with Crippen molar-refractivity contribution in [3.63, 3.8) is 0 Å². The number of nitrogens with one attached hydrogen (secondary N) is 1. The first-order chi connectivity index (χ1) is 14.0. The summed E-state index contributed by atoms with van der Waals surface area (Å²) < 4.78 is 0. The average molecular weight is 390 g/mol. The fourth-order valence-corrected chi connectivity index (χ4v) is 3.82. The van der Waals surface area contributed by atoms with Gasteiger partial charge in [-0.3, -0.25) is 14.4 Å². The minimum absolute atomic E-state index is 0.107. The minimum atomic E-state index is -0.727. The molecule has 0 bridgehead atoms. The average Bonchev–Trinajstić information content (AvgIpc) is 2.69. The van der Waals surface area contributed by atoms with E-state index < -0.39 is 11.3 Å². The standard InChI is InChI=1S/C22H22N4O3/c23-21(29)22(12-15-6-2-1-3-7-15)13-26(14-22)19(27)11-10-18-20(28)25-17-9-5-4-8-16(17)24-18/h1-9H,10-14H2,(H2,23,29)(H,25,28). The molecule has 29 heavy (non-hydrogen) atoms. The van der Waals surface area contributed by atoms with Crippen LogP contribution in [-0.2, 0) is 22.4 Å². The van der Waals surface area contributed by atoms with E-state index in [2.05, 4.69) is 9.97 Å². The lowest BCUT2D eigenvalue weighted by atomic mass is 9.74. The number of hydrogen-bond acceptors (Lipinski definition) is 4. The highest BCUT2D eigenvalue weighted by molar-refractivity contribution is 5.87. The van der Waals surface area contributed by atoms with Crippen LogP contribution in [0.1, 0.15) is 17.7 Å². The minimum Gasteiger partial charge on any atom is -0.369 e. The third kappa shape index (κ3) is 3.76. The summed E-state index contributed by atoms with van der Waals surface area (Å²) in [5.41, 5.74) is 7.35. The van der Waals surface area contributed by atoms with Crippen molar-refractivity contribution >= 4 is 22.8 Å². The van der Waals surface area contributed by atoms with Crippen molar-refractivity contribution in [2.75, 3.05) is 13.1 Å². The van der Waals surface area contributed by atoms with Crippen LogP contribution in [0, 0.1) is 5.41 Å². The Morgan fingerprint density at radius 3 is 2.48 bits per heavy atom. The molecule has 7 nitrogen and oxygen atoms in total. The number of aromatic amines is 1. The predicted octanol–water partition coefficient (Wildman–Crippen LogP) is 1.41. The summed E-state index contributed by atoms with van der Waals surface area (Å²) in [6, 6.07) is 16.9. The van der Waals surface area contributed by atoms with Crippen LogP contribution < -0.4 is 11.3 Å². The number of carbonyl (C=O) groups excluding carboxylic acids is 2. The number of benzene rings is 2. The summed E-state index contributed by atoms with van der Waals surface area (Å²) in [5.74, 6) is -0.498. The number of aromatic nitrogens is 2. The molecule has 1 aliphatic heterocycles. The number of aryl methyl sites for hydroxylation is 1. The molecule has 1 fully saturated rings. The van der Waals surface area contributed by atoms with Gasteiger partial charge in [0.25, 0.3) is 5.56 Å². The van der Waals surface area contributed by atoms with Crippen LogP contribution in [0.25, 0.3) is 11.0 Å². The summed E-state index contributed by atoms with van der Waals surface area (Å²) in [6.45, 7) is 0.606. The van der Waals surface area contributed by atoms with Crippen LogP contribution in [0.2, 0.25) is 0 Å². The SMILES string of the molecule is NC(=O)C1(Cc2ccccc2)CN(C(=O)CCc2nc3ccccc3[nH]c2=O)C1. The molecule has 0 saturated carbocycles. The van der Waals surface area contributed by atoms with Gasteiger partial charge < -0.3 is 15.6 Å². The van der Waals surface area contributed by atoms with Gasteiger partial charge in [0.1, 0.15) is 5.69 Å². The highest BCUT2D eigenvalue weighted by Gasteiger charge is 2.49. The lowest BCUT2D eigenvalue weighted by molar-refractivity contribution is -0.151. The summed E-state index contributed by atoms with van der Waals surface area (Å²) >= 11 is 0. The zero-order valence-corrected chi connectivity index (χ0v) is 15.9. The lowest BCUT2D eigenvalue weighted by Crippen LogP contribution is -2.64. The van der Waals surface area contributed by atoms with Gasteiger partial charge in [-0.1, -0.05) is 42.5 Å². The summed E-state index contributed by atoms with van der Waals surface area (Å²) in [5, 5.41) is 0. The van der Waals surface area contributed by atoms with E-state index in [1.807, 2.05) is 48.5 Å². The van der Waals surface area contributed by atoms with Gasteiger partial charge in [-0.25, -0.2) is 4.98 Å². The monoisotopic (exact) mass is 390 g/mol. The molecule has 0 radical (unpaired) electrons. The maximum Gasteiger partial charge on any atom is 0.270 e. The third-order valence-corrected chi connectivity index (χ3v) is 5.49. The second kappa shape index (κ2) is 7.50.